The highest BCUT2D eigenvalue weighted by Crippen LogP contribution is 2.33. The van der Waals surface area contributed by atoms with Crippen LogP contribution in [0.1, 0.15) is 21.5 Å². The van der Waals surface area contributed by atoms with Crippen LogP contribution in [0.5, 0.6) is 17.2 Å². The van der Waals surface area contributed by atoms with Crippen molar-refractivity contribution in [3.8, 4) is 17.2 Å². The lowest BCUT2D eigenvalue weighted by Gasteiger charge is -2.29. The molecule has 9 heteroatoms. The quantitative estimate of drug-likeness (QED) is 0.492. The zero-order valence-corrected chi connectivity index (χ0v) is 19.9. The third-order valence-corrected chi connectivity index (χ3v) is 5.79. The first-order valence-corrected chi connectivity index (χ1v) is 11.1. The van der Waals surface area contributed by atoms with Crippen molar-refractivity contribution in [3.05, 3.63) is 71.4 Å². The Balaban J connectivity index is 1.41. The number of aromatic nitrogens is 1. The van der Waals surface area contributed by atoms with Gasteiger partial charge in [0.15, 0.2) is 18.1 Å². The highest BCUT2D eigenvalue weighted by atomic mass is 16.5. The number of nitrogens with one attached hydrogen (secondary N) is 1. The predicted molar refractivity (Wildman–Crippen MR) is 129 cm³/mol. The fourth-order valence-corrected chi connectivity index (χ4v) is 3.94. The van der Waals surface area contributed by atoms with Gasteiger partial charge in [-0.2, -0.15) is 0 Å². The number of carbonyl (C=O) groups is 2. The number of fused-ring (bicyclic) bond motifs is 1. The number of ether oxygens (including phenoxy) is 4. The third kappa shape index (κ3) is 5.29. The number of amides is 1. The van der Waals surface area contributed by atoms with Crippen LogP contribution in [-0.4, -0.2) is 56.2 Å². The molecule has 1 aliphatic rings. The molecule has 2 aromatic carbocycles. The average Bonchev–Trinajstić information content (AvgIpc) is 2.90. The van der Waals surface area contributed by atoms with Crippen LogP contribution in [0.15, 0.2) is 54.7 Å². The number of para-hydroxylation sites is 2. The van der Waals surface area contributed by atoms with Gasteiger partial charge in [-0.05, 0) is 53.9 Å². The number of hydrogen-bond acceptors (Lipinski definition) is 8. The molecular formula is C26H27N3O6. The second-order valence-corrected chi connectivity index (χ2v) is 7.84. The fourth-order valence-electron chi connectivity index (χ4n) is 3.94. The molecule has 0 unspecified atom stereocenters. The highest BCUT2D eigenvalue weighted by molar-refractivity contribution is 5.96. The Kier molecular flexibility index (Phi) is 7.35. The summed E-state index contributed by atoms with van der Waals surface area (Å²) in [6, 6.07) is 14.3. The molecule has 1 amide bonds. The summed E-state index contributed by atoms with van der Waals surface area (Å²) >= 11 is 0. The molecule has 9 nitrogen and oxygen atoms in total. The number of anilines is 2. The molecule has 0 fully saturated rings. The second kappa shape index (κ2) is 10.8. The van der Waals surface area contributed by atoms with E-state index in [4.69, 9.17) is 18.9 Å². The summed E-state index contributed by atoms with van der Waals surface area (Å²) in [4.78, 5) is 31.6. The van der Waals surface area contributed by atoms with E-state index in [9.17, 15) is 9.59 Å². The van der Waals surface area contributed by atoms with Crippen LogP contribution in [0.4, 0.5) is 11.5 Å². The number of benzene rings is 2. The van der Waals surface area contributed by atoms with E-state index >= 15 is 0 Å². The first-order valence-electron chi connectivity index (χ1n) is 11.1. The van der Waals surface area contributed by atoms with Crippen molar-refractivity contribution < 1.29 is 28.5 Å². The van der Waals surface area contributed by atoms with E-state index in [1.54, 1.807) is 50.6 Å². The number of nitrogens with zero attached hydrogens (tertiary/aromatic N) is 2. The van der Waals surface area contributed by atoms with Crippen LogP contribution < -0.4 is 19.5 Å². The van der Waals surface area contributed by atoms with E-state index in [-0.39, 0.29) is 18.1 Å². The van der Waals surface area contributed by atoms with Gasteiger partial charge in [0.25, 0.3) is 5.91 Å². The van der Waals surface area contributed by atoms with Crippen molar-refractivity contribution in [1.82, 2.24) is 9.88 Å². The van der Waals surface area contributed by atoms with Crippen LogP contribution in [0, 0.1) is 0 Å². The zero-order valence-electron chi connectivity index (χ0n) is 19.9. The molecule has 1 aromatic heterocycles. The van der Waals surface area contributed by atoms with E-state index < -0.39 is 5.97 Å². The van der Waals surface area contributed by atoms with Crippen LogP contribution in [0.2, 0.25) is 0 Å². The molecular weight excluding hydrogens is 450 g/mol. The van der Waals surface area contributed by atoms with E-state index in [0.29, 0.717) is 48.3 Å². The summed E-state index contributed by atoms with van der Waals surface area (Å²) in [6.07, 6.45) is 2.24. The van der Waals surface area contributed by atoms with Gasteiger partial charge in [-0.25, -0.2) is 9.78 Å². The third-order valence-electron chi connectivity index (χ3n) is 5.79. The Hall–Kier alpha value is -4.27. The molecule has 3 aromatic rings. The van der Waals surface area contributed by atoms with E-state index in [2.05, 4.69) is 10.3 Å². The van der Waals surface area contributed by atoms with Gasteiger partial charge >= 0.3 is 5.97 Å². The Morgan fingerprint density at radius 1 is 0.943 bits per heavy atom. The first-order chi connectivity index (χ1) is 17.0. The van der Waals surface area contributed by atoms with Crippen molar-refractivity contribution in [1.29, 1.82) is 0 Å². The monoisotopic (exact) mass is 477 g/mol. The Morgan fingerprint density at radius 3 is 2.40 bits per heavy atom. The highest BCUT2D eigenvalue weighted by Gasteiger charge is 2.24. The Labute approximate surface area is 203 Å². The number of methoxy groups -OCH3 is 3. The molecule has 182 valence electrons. The maximum Gasteiger partial charge on any atom is 0.342 e. The molecule has 2 heterocycles. The molecule has 0 bridgehead atoms. The topological polar surface area (TPSA) is 99.2 Å². The van der Waals surface area contributed by atoms with Crippen molar-refractivity contribution in [3.63, 3.8) is 0 Å². The fraction of sp³-hybridized carbons (Fsp3) is 0.269. The zero-order chi connectivity index (χ0) is 24.8. The number of esters is 1. The van der Waals surface area contributed by atoms with Crippen molar-refractivity contribution >= 4 is 23.4 Å². The van der Waals surface area contributed by atoms with E-state index in [1.165, 1.54) is 0 Å². The number of carbonyl (C=O) groups excluding carboxylic acids is 2. The lowest BCUT2D eigenvalue weighted by Crippen LogP contribution is -2.38. The van der Waals surface area contributed by atoms with Crippen LogP contribution >= 0.6 is 0 Å². The van der Waals surface area contributed by atoms with Crippen LogP contribution in [0.3, 0.4) is 0 Å². The minimum Gasteiger partial charge on any atom is -0.495 e. The smallest absolute Gasteiger partial charge is 0.342 e. The Bertz CT molecular complexity index is 1230. The minimum atomic E-state index is -0.646. The van der Waals surface area contributed by atoms with E-state index in [0.717, 1.165) is 11.1 Å². The number of rotatable bonds is 8. The minimum absolute atomic E-state index is 0.215. The van der Waals surface area contributed by atoms with Gasteiger partial charge in [-0.1, -0.05) is 12.1 Å². The summed E-state index contributed by atoms with van der Waals surface area (Å²) in [5.41, 5.74) is 2.94. The maximum atomic E-state index is 12.8. The Morgan fingerprint density at radius 2 is 1.66 bits per heavy atom. The van der Waals surface area contributed by atoms with Gasteiger partial charge in [0.05, 0.1) is 27.0 Å². The van der Waals surface area contributed by atoms with Crippen molar-refractivity contribution in [2.75, 3.05) is 39.8 Å². The van der Waals surface area contributed by atoms with Gasteiger partial charge in [0.1, 0.15) is 17.1 Å². The standard InChI is InChI=1S/C26H27N3O6/c1-32-21-9-5-4-8-20(21)28-25-19(7-6-11-27-25)26(31)35-16-24(30)29-12-10-17-13-22(33-2)23(34-3)14-18(17)15-29/h4-9,11,13-14H,10,12,15-16H2,1-3H3,(H,27,28). The molecule has 0 saturated heterocycles. The van der Waals surface area contributed by atoms with Crippen molar-refractivity contribution in [2.24, 2.45) is 0 Å². The molecule has 0 aliphatic carbocycles. The largest absolute Gasteiger partial charge is 0.495 e. The number of pyridine rings is 1. The van der Waals surface area contributed by atoms with Crippen molar-refractivity contribution in [2.45, 2.75) is 13.0 Å². The maximum absolute atomic E-state index is 12.8. The number of hydrogen-bond donors (Lipinski definition) is 1. The molecule has 0 atom stereocenters. The lowest BCUT2D eigenvalue weighted by molar-refractivity contribution is -0.135. The van der Waals surface area contributed by atoms with Crippen LogP contribution in [-0.2, 0) is 22.5 Å². The summed E-state index contributed by atoms with van der Waals surface area (Å²) < 4.78 is 21.4. The normalized spacial score (nSPS) is 12.4. The average molecular weight is 478 g/mol. The molecule has 1 N–H and O–H groups in total. The predicted octanol–water partition coefficient (Wildman–Crippen LogP) is 3.59. The molecule has 0 radical (unpaired) electrons. The molecule has 4 rings (SSSR count). The van der Waals surface area contributed by atoms with Gasteiger partial charge in [0.2, 0.25) is 0 Å². The summed E-state index contributed by atoms with van der Waals surface area (Å²) in [7, 11) is 4.73. The van der Waals surface area contributed by atoms with E-state index in [1.807, 2.05) is 30.3 Å². The first kappa shape index (κ1) is 23.9. The van der Waals surface area contributed by atoms with Gasteiger partial charge in [-0.15, -0.1) is 0 Å². The summed E-state index contributed by atoms with van der Waals surface area (Å²) in [5, 5.41) is 3.10. The summed E-state index contributed by atoms with van der Waals surface area (Å²) in [6.45, 7) is 0.552. The van der Waals surface area contributed by atoms with Gasteiger partial charge in [0, 0.05) is 19.3 Å². The van der Waals surface area contributed by atoms with Crippen LogP contribution in [0.25, 0.3) is 0 Å². The van der Waals surface area contributed by atoms with Gasteiger partial charge < -0.3 is 29.2 Å². The molecule has 0 saturated carbocycles. The SMILES string of the molecule is COc1ccccc1Nc1ncccc1C(=O)OCC(=O)N1CCc2cc(OC)c(OC)cc2C1. The van der Waals surface area contributed by atoms with Gasteiger partial charge in [-0.3, -0.25) is 4.79 Å². The summed E-state index contributed by atoms with van der Waals surface area (Å²) in [5.74, 6) is 1.26. The second-order valence-electron chi connectivity index (χ2n) is 7.84. The molecule has 1 aliphatic heterocycles. The molecule has 0 spiro atoms. The molecule has 35 heavy (non-hydrogen) atoms. The lowest BCUT2D eigenvalue weighted by atomic mass is 9.99.